The number of hydrogen-bond acceptors (Lipinski definition) is 16. The first kappa shape index (κ1) is 56.2. The summed E-state index contributed by atoms with van der Waals surface area (Å²) in [6, 6.07) is 25.6. The van der Waals surface area contributed by atoms with E-state index >= 15 is 0 Å². The van der Waals surface area contributed by atoms with Gasteiger partial charge in [0.25, 0.3) is 30.9 Å². The summed E-state index contributed by atoms with van der Waals surface area (Å²) in [5.74, 6) is -0.0293. The van der Waals surface area contributed by atoms with Crippen LogP contribution in [0.1, 0.15) is 48.5 Å². The second kappa shape index (κ2) is 23.6. The number of pyridine rings is 4. The van der Waals surface area contributed by atoms with Gasteiger partial charge in [-0.1, -0.05) is 24.3 Å². The molecule has 0 atom stereocenters. The van der Waals surface area contributed by atoms with Crippen LogP contribution in [-0.4, -0.2) is 130 Å². The number of ether oxygens (including phenoxy) is 2. The molecule has 4 aromatic heterocycles. The summed E-state index contributed by atoms with van der Waals surface area (Å²) in [5.41, 5.74) is 6.81. The number of nitrogens with one attached hydrogen (secondary N) is 1. The first-order valence-electron chi connectivity index (χ1n) is 25.7. The highest BCUT2D eigenvalue weighted by molar-refractivity contribution is 8.13. The highest BCUT2D eigenvalue weighted by atomic mass is 35.7. The fourth-order valence-corrected chi connectivity index (χ4v) is 12.2. The number of morpholine rings is 2. The minimum Gasteiger partial charge on any atom is -0.505 e. The van der Waals surface area contributed by atoms with E-state index in [-0.39, 0.29) is 57.1 Å². The van der Waals surface area contributed by atoms with Crippen molar-refractivity contribution >= 4 is 86.4 Å². The molecule has 2 saturated heterocycles. The summed E-state index contributed by atoms with van der Waals surface area (Å²) in [7, 11) is 0.674. The van der Waals surface area contributed by atoms with Crippen LogP contribution >= 0.6 is 10.7 Å². The second-order valence-corrected chi connectivity index (χ2v) is 23.9. The summed E-state index contributed by atoms with van der Waals surface area (Å²) in [6.45, 7) is 8.49. The maximum atomic E-state index is 13.9. The minimum absolute atomic E-state index is 0.000813. The molecule has 0 bridgehead atoms. The van der Waals surface area contributed by atoms with Gasteiger partial charge in [-0.15, -0.1) is 0 Å². The Labute approximate surface area is 470 Å². The molecule has 0 radical (unpaired) electrons. The van der Waals surface area contributed by atoms with Crippen molar-refractivity contribution in [3.8, 4) is 5.75 Å². The lowest BCUT2D eigenvalue weighted by atomic mass is 9.97. The number of hydrogen-bond donors (Lipinski definition) is 2. The highest BCUT2D eigenvalue weighted by Gasteiger charge is 2.39. The molecule has 4 aromatic carbocycles. The van der Waals surface area contributed by atoms with Crippen molar-refractivity contribution in [2.75, 3.05) is 86.1 Å². The number of sulfonamides is 1. The van der Waals surface area contributed by atoms with E-state index < -0.39 is 30.8 Å². The lowest BCUT2D eigenvalue weighted by molar-refractivity contribution is 0.0758. The number of nitrogens with zero attached hydrogens (tertiary/aromatic N) is 9. The first-order chi connectivity index (χ1) is 38.9. The summed E-state index contributed by atoms with van der Waals surface area (Å²) in [6.07, 6.45) is 5.81. The van der Waals surface area contributed by atoms with Gasteiger partial charge in [-0.05, 0) is 96.4 Å². The van der Waals surface area contributed by atoms with E-state index in [9.17, 15) is 40.3 Å². The standard InChI is InChI=1S/C28H26FN5O5S.C20H18FN3O.C9H11ClN2O3S/c1-32(40(37,38)20-8-9-23(31-15-20)33-11-13-39-14-12-33)26-21-3-2-10-30-25(21)27(35)24-22(26)17-34(28(24)36)16-18-4-6-19(29)7-5-18;1-12-17-16(19(22-2)15-4-3-9-23-18(12)15)11-24(20(17)25)10-13-5-7-14(21)8-6-13;10-16(13,14)8-1-2-9(11-7-8)12-3-5-15-6-4-12/h2-10,15,35H,11-14,16-17H2,1H3;3-9,22H,10-11H2,1-2H3;1-2,7H,3-6H2. The van der Waals surface area contributed by atoms with Crippen molar-refractivity contribution in [1.29, 1.82) is 0 Å². The molecule has 0 unspecified atom stereocenters. The number of anilines is 4. The number of carbonyl (C=O) groups is 2. The Balaban J connectivity index is 0.000000152. The van der Waals surface area contributed by atoms with Crippen LogP contribution in [0.2, 0.25) is 0 Å². The van der Waals surface area contributed by atoms with Crippen molar-refractivity contribution in [1.82, 2.24) is 29.7 Å². The third kappa shape index (κ3) is 11.6. The van der Waals surface area contributed by atoms with E-state index in [0.29, 0.717) is 74.9 Å². The first-order valence-corrected chi connectivity index (χ1v) is 29.5. The van der Waals surface area contributed by atoms with Gasteiger partial charge in [0.1, 0.15) is 38.6 Å². The lowest BCUT2D eigenvalue weighted by Gasteiger charge is -2.28. The summed E-state index contributed by atoms with van der Waals surface area (Å²) in [4.78, 5) is 51.0. The molecule has 8 heterocycles. The third-order valence-electron chi connectivity index (χ3n) is 14.4. The molecular weight excluding hydrogens is 1110 g/mol. The van der Waals surface area contributed by atoms with Crippen LogP contribution in [-0.2, 0) is 54.7 Å². The van der Waals surface area contributed by atoms with Gasteiger partial charge in [-0.2, -0.15) is 0 Å². The third-order valence-corrected chi connectivity index (χ3v) is 17.5. The normalized spacial score (nSPS) is 15.2. The topological polar surface area (TPSA) is 221 Å². The quantitative estimate of drug-likeness (QED) is 0.117. The molecule has 19 nitrogen and oxygen atoms in total. The van der Waals surface area contributed by atoms with E-state index in [4.69, 9.17) is 20.2 Å². The second-order valence-electron chi connectivity index (χ2n) is 19.3. The van der Waals surface area contributed by atoms with E-state index in [1.807, 2.05) is 35.9 Å². The van der Waals surface area contributed by atoms with E-state index in [0.717, 1.165) is 62.1 Å². The number of amides is 2. The molecule has 2 fully saturated rings. The molecule has 0 aliphatic carbocycles. The van der Waals surface area contributed by atoms with Crippen molar-refractivity contribution in [3.05, 3.63) is 172 Å². The van der Waals surface area contributed by atoms with Crippen LogP contribution in [0.4, 0.5) is 31.8 Å². The Kier molecular flexibility index (Phi) is 16.3. The molecular formula is C57H55ClF2N10O9S2. The van der Waals surface area contributed by atoms with E-state index in [1.54, 1.807) is 59.6 Å². The highest BCUT2D eigenvalue weighted by Crippen LogP contribution is 2.45. The maximum absolute atomic E-state index is 13.9. The zero-order valence-corrected chi connectivity index (χ0v) is 46.6. The van der Waals surface area contributed by atoms with Crippen LogP contribution in [0.3, 0.4) is 0 Å². The van der Waals surface area contributed by atoms with Crippen LogP contribution in [0.15, 0.2) is 132 Å². The van der Waals surface area contributed by atoms with Crippen LogP contribution < -0.4 is 19.4 Å². The summed E-state index contributed by atoms with van der Waals surface area (Å²) < 4.78 is 88.0. The lowest BCUT2D eigenvalue weighted by Crippen LogP contribution is -2.36. The Bertz CT molecular complexity index is 3900. The molecule has 8 aromatic rings. The average molecular weight is 1160 g/mol. The van der Waals surface area contributed by atoms with Crippen molar-refractivity contribution in [2.24, 2.45) is 0 Å². The molecule has 420 valence electrons. The van der Waals surface area contributed by atoms with E-state index in [2.05, 4.69) is 25.3 Å². The predicted octanol–water partition coefficient (Wildman–Crippen LogP) is 8.02. The SMILES string of the molecule is CN(c1c2c(c(O)c3ncccc13)C(=O)N(Cc1ccc(F)cc1)C2)S(=O)(=O)c1ccc(N2CCOCC2)nc1.CNc1c2c(c(C)c3ncccc13)C(=O)N(Cc1ccc(F)cc1)C2.O=S(=O)(Cl)c1ccc(N2CCOCC2)nc1. The smallest absolute Gasteiger partial charge is 0.265 e. The largest absolute Gasteiger partial charge is 0.505 e. The summed E-state index contributed by atoms with van der Waals surface area (Å²) in [5, 5.41) is 15.7. The molecule has 24 heteroatoms. The molecule has 4 aliphatic heterocycles. The number of phenols is 1. The maximum Gasteiger partial charge on any atom is 0.265 e. The Morgan fingerprint density at radius 2 is 1.12 bits per heavy atom. The van der Waals surface area contributed by atoms with Crippen LogP contribution in [0, 0.1) is 18.6 Å². The van der Waals surface area contributed by atoms with Crippen LogP contribution in [0.25, 0.3) is 21.8 Å². The van der Waals surface area contributed by atoms with Gasteiger partial charge in [0, 0.05) is 130 Å². The molecule has 0 saturated carbocycles. The van der Waals surface area contributed by atoms with Gasteiger partial charge in [0.05, 0.1) is 48.8 Å². The van der Waals surface area contributed by atoms with Gasteiger partial charge in [-0.3, -0.25) is 23.9 Å². The van der Waals surface area contributed by atoms with Gasteiger partial charge in [0.15, 0.2) is 5.75 Å². The minimum atomic E-state index is -4.12. The van der Waals surface area contributed by atoms with Gasteiger partial charge >= 0.3 is 0 Å². The average Bonchev–Trinajstić information content (AvgIpc) is 4.06. The molecule has 4 aliphatic rings. The monoisotopic (exact) mass is 1160 g/mol. The van der Waals surface area contributed by atoms with Crippen molar-refractivity contribution < 1.29 is 49.8 Å². The number of benzene rings is 4. The molecule has 12 rings (SSSR count). The number of phenolic OH excluding ortho intramolecular Hbond substituents is 1. The number of aryl methyl sites for hydroxylation is 1. The number of rotatable bonds is 11. The Morgan fingerprint density at radius 1 is 0.642 bits per heavy atom. The number of aromatic hydroxyl groups is 1. The number of fused-ring (bicyclic) bond motifs is 4. The molecule has 81 heavy (non-hydrogen) atoms. The predicted molar refractivity (Wildman–Crippen MR) is 303 cm³/mol. The fourth-order valence-electron chi connectivity index (χ4n) is 10.3. The van der Waals surface area contributed by atoms with Crippen LogP contribution in [0.5, 0.6) is 5.75 Å². The van der Waals surface area contributed by atoms with E-state index in [1.165, 1.54) is 66.9 Å². The number of carbonyl (C=O) groups excluding carboxylic acids is 2. The zero-order valence-electron chi connectivity index (χ0n) is 44.2. The van der Waals surface area contributed by atoms with Gasteiger partial charge in [-0.25, -0.2) is 35.6 Å². The molecule has 2 N–H and O–H groups in total. The number of halogens is 3. The zero-order chi connectivity index (χ0) is 57.2. The Hall–Kier alpha value is -8.09. The van der Waals surface area contributed by atoms with Gasteiger partial charge < -0.3 is 39.5 Å². The fraction of sp³-hybridized carbons (Fsp3) is 0.263. The van der Waals surface area contributed by atoms with Gasteiger partial charge in [0.2, 0.25) is 0 Å². The van der Waals surface area contributed by atoms with Crippen molar-refractivity contribution in [2.45, 2.75) is 42.9 Å². The molecule has 0 spiro atoms. The van der Waals surface area contributed by atoms with Crippen molar-refractivity contribution in [3.63, 3.8) is 0 Å². The summed E-state index contributed by atoms with van der Waals surface area (Å²) >= 11 is 0. The number of aromatic nitrogens is 4. The molecule has 2 amide bonds. The Morgan fingerprint density at radius 3 is 1.62 bits per heavy atom.